The molecule has 0 spiro atoms. The van der Waals surface area contributed by atoms with Gasteiger partial charge < -0.3 is 20.4 Å². The van der Waals surface area contributed by atoms with E-state index in [0.717, 1.165) is 37.8 Å². The van der Waals surface area contributed by atoms with Crippen LogP contribution in [0.15, 0.2) is 18.2 Å². The molecule has 34 heavy (non-hydrogen) atoms. The number of nitrogens with two attached hydrogens (primary N) is 1. The van der Waals surface area contributed by atoms with E-state index >= 15 is 0 Å². The van der Waals surface area contributed by atoms with Crippen LogP contribution in [0.5, 0.6) is 0 Å². The maximum Gasteiger partial charge on any atom is 0.418 e. The Morgan fingerprint density at radius 3 is 2.44 bits per heavy atom. The monoisotopic (exact) mass is 481 g/mol. The third-order valence-corrected chi connectivity index (χ3v) is 7.06. The number of halogens is 4. The Balaban J connectivity index is 1.75. The van der Waals surface area contributed by atoms with Crippen LogP contribution in [0.25, 0.3) is 11.3 Å². The zero-order valence-corrected chi connectivity index (χ0v) is 19.3. The molecule has 4 rings (SSSR count). The summed E-state index contributed by atoms with van der Waals surface area (Å²) in [6, 6.07) is 3.47. The van der Waals surface area contributed by atoms with Crippen molar-refractivity contribution in [2.75, 3.05) is 18.9 Å². The summed E-state index contributed by atoms with van der Waals surface area (Å²) < 4.78 is 62.3. The number of nitrogens with one attached hydrogen (secondary N) is 1. The molecule has 0 atom stereocenters. The lowest BCUT2D eigenvalue weighted by molar-refractivity contribution is -0.137. The smallest absolute Gasteiger partial charge is 0.396 e. The second kappa shape index (κ2) is 9.98. The van der Waals surface area contributed by atoms with Crippen molar-refractivity contribution in [1.29, 1.82) is 0 Å². The number of aromatic nitrogens is 1. The molecule has 1 aliphatic heterocycles. The highest BCUT2D eigenvalue weighted by Gasteiger charge is 2.35. The predicted molar refractivity (Wildman–Crippen MR) is 122 cm³/mol. The van der Waals surface area contributed by atoms with E-state index in [1.54, 1.807) is 13.0 Å². The van der Waals surface area contributed by atoms with Crippen LogP contribution in [0, 0.1) is 18.7 Å². The maximum atomic E-state index is 14.5. The van der Waals surface area contributed by atoms with E-state index in [4.69, 9.17) is 10.5 Å². The fraction of sp³-hybridized carbons (Fsp3) is 0.560. The van der Waals surface area contributed by atoms with Crippen molar-refractivity contribution in [3.05, 3.63) is 40.8 Å². The molecule has 2 aliphatic rings. The van der Waals surface area contributed by atoms with Crippen LogP contribution >= 0.6 is 0 Å². The first-order valence-electron chi connectivity index (χ1n) is 11.9. The number of ether oxygens (including phenoxy) is 1. The van der Waals surface area contributed by atoms with E-state index in [2.05, 4.69) is 5.32 Å². The van der Waals surface area contributed by atoms with Crippen molar-refractivity contribution in [2.24, 2.45) is 5.92 Å². The second-order valence-corrected chi connectivity index (χ2v) is 9.42. The quantitative estimate of drug-likeness (QED) is 0.426. The van der Waals surface area contributed by atoms with Crippen LogP contribution in [-0.2, 0) is 17.5 Å². The molecule has 0 unspecified atom stereocenters. The van der Waals surface area contributed by atoms with E-state index < -0.39 is 23.2 Å². The zero-order valence-electron chi connectivity index (χ0n) is 19.3. The summed E-state index contributed by atoms with van der Waals surface area (Å²) in [5, 5.41) is 3.02. The van der Waals surface area contributed by atoms with Gasteiger partial charge in [0.1, 0.15) is 5.82 Å². The van der Waals surface area contributed by atoms with Gasteiger partial charge in [0, 0.05) is 42.8 Å². The number of nitrogen functional groups attached to an aromatic ring is 1. The van der Waals surface area contributed by atoms with Gasteiger partial charge in [0.25, 0.3) is 5.91 Å². The molecule has 186 valence electrons. The first-order chi connectivity index (χ1) is 16.1. The Kier molecular flexibility index (Phi) is 7.21. The average molecular weight is 482 g/mol. The van der Waals surface area contributed by atoms with Crippen molar-refractivity contribution in [2.45, 2.75) is 70.6 Å². The molecule has 1 aliphatic carbocycles. The first-order valence-corrected chi connectivity index (χ1v) is 11.9. The summed E-state index contributed by atoms with van der Waals surface area (Å²) in [6.45, 7) is 3.51. The van der Waals surface area contributed by atoms with Gasteiger partial charge >= 0.3 is 6.18 Å². The number of hydrogen-bond acceptors (Lipinski definition) is 3. The molecule has 2 fully saturated rings. The van der Waals surface area contributed by atoms with Crippen molar-refractivity contribution in [3.63, 3.8) is 0 Å². The molecule has 1 aromatic heterocycles. The summed E-state index contributed by atoms with van der Waals surface area (Å²) in [6.07, 6.45) is 2.04. The summed E-state index contributed by atoms with van der Waals surface area (Å²) in [5.74, 6) is -1.05. The molecule has 1 saturated carbocycles. The topological polar surface area (TPSA) is 69.3 Å². The Bertz CT molecular complexity index is 1040. The van der Waals surface area contributed by atoms with Crippen LogP contribution in [0.4, 0.5) is 23.2 Å². The van der Waals surface area contributed by atoms with Gasteiger partial charge in [-0.3, -0.25) is 4.79 Å². The lowest BCUT2D eigenvalue weighted by atomic mass is 9.89. The predicted octanol–water partition coefficient (Wildman–Crippen LogP) is 5.69. The fourth-order valence-corrected chi connectivity index (χ4v) is 5.08. The lowest BCUT2D eigenvalue weighted by Gasteiger charge is -2.25. The molecule has 0 radical (unpaired) electrons. The molecule has 9 heteroatoms. The Hall–Kier alpha value is -2.55. The van der Waals surface area contributed by atoms with Crippen molar-refractivity contribution in [1.82, 2.24) is 9.88 Å². The van der Waals surface area contributed by atoms with E-state index in [-0.39, 0.29) is 17.5 Å². The number of carbonyl (C=O) groups excluding carboxylic acids is 1. The SMILES string of the molecule is Cc1c(C(=O)NC2CCOCC2)cc(-c2cc(F)c(N)c(C(F)(F)F)c2)n1CC1CCCCC1. The van der Waals surface area contributed by atoms with Crippen LogP contribution in [-0.4, -0.2) is 29.7 Å². The molecule has 5 nitrogen and oxygen atoms in total. The molecule has 1 saturated heterocycles. The highest BCUT2D eigenvalue weighted by Crippen LogP contribution is 2.39. The van der Waals surface area contributed by atoms with Gasteiger partial charge in [-0.25, -0.2) is 4.39 Å². The van der Waals surface area contributed by atoms with Gasteiger partial charge in [0.05, 0.1) is 16.8 Å². The van der Waals surface area contributed by atoms with Crippen LogP contribution in [0.1, 0.15) is 66.6 Å². The van der Waals surface area contributed by atoms with Crippen LogP contribution in [0.3, 0.4) is 0 Å². The van der Waals surface area contributed by atoms with Crippen LogP contribution < -0.4 is 11.1 Å². The normalized spacial score (nSPS) is 18.3. The van der Waals surface area contributed by atoms with Crippen molar-refractivity contribution in [3.8, 4) is 11.3 Å². The minimum absolute atomic E-state index is 0.0170. The standard InChI is InChI=1S/C25H31F4N3O2/c1-15-19(24(33)31-18-7-9-34-10-8-18)13-22(32(15)14-16-5-3-2-4-6-16)17-11-20(25(27,28)29)23(30)21(26)12-17/h11-13,16,18H,2-10,14,30H2,1H3,(H,31,33). The number of alkyl halides is 3. The number of rotatable bonds is 5. The molecular formula is C25H31F4N3O2. The van der Waals surface area contributed by atoms with E-state index in [1.165, 1.54) is 6.42 Å². The Morgan fingerprint density at radius 2 is 1.79 bits per heavy atom. The number of carbonyl (C=O) groups is 1. The highest BCUT2D eigenvalue weighted by molar-refractivity contribution is 5.97. The molecule has 0 bridgehead atoms. The summed E-state index contributed by atoms with van der Waals surface area (Å²) >= 11 is 0. The third-order valence-electron chi connectivity index (χ3n) is 7.06. The van der Waals surface area contributed by atoms with Crippen molar-refractivity contribution >= 4 is 11.6 Å². The largest absolute Gasteiger partial charge is 0.418 e. The van der Waals surface area contributed by atoms with Gasteiger partial charge in [-0.1, -0.05) is 19.3 Å². The summed E-state index contributed by atoms with van der Waals surface area (Å²) in [7, 11) is 0. The minimum Gasteiger partial charge on any atom is -0.396 e. The Labute approximate surface area is 196 Å². The van der Waals surface area contributed by atoms with Gasteiger partial charge in [0.2, 0.25) is 0 Å². The van der Waals surface area contributed by atoms with E-state index in [9.17, 15) is 22.4 Å². The molecule has 1 amide bonds. The van der Waals surface area contributed by atoms with E-state index in [0.29, 0.717) is 55.5 Å². The number of nitrogens with zero attached hydrogens (tertiary/aromatic N) is 1. The summed E-state index contributed by atoms with van der Waals surface area (Å²) in [4.78, 5) is 13.1. The number of hydrogen-bond donors (Lipinski definition) is 2. The molecule has 2 aromatic rings. The first kappa shape index (κ1) is 24.6. The van der Waals surface area contributed by atoms with Gasteiger partial charge in [-0.05, 0) is 56.7 Å². The number of anilines is 1. The van der Waals surface area contributed by atoms with E-state index in [1.807, 2.05) is 4.57 Å². The third kappa shape index (κ3) is 5.24. The number of amides is 1. The zero-order chi connectivity index (χ0) is 24.5. The maximum absolute atomic E-state index is 14.5. The molecule has 2 heterocycles. The summed E-state index contributed by atoms with van der Waals surface area (Å²) in [5.41, 5.74) is 4.79. The van der Waals surface area contributed by atoms with Gasteiger partial charge in [-0.15, -0.1) is 0 Å². The number of benzene rings is 1. The highest BCUT2D eigenvalue weighted by atomic mass is 19.4. The fourth-order valence-electron chi connectivity index (χ4n) is 5.08. The van der Waals surface area contributed by atoms with Crippen LogP contribution in [0.2, 0.25) is 0 Å². The lowest BCUT2D eigenvalue weighted by Crippen LogP contribution is -2.39. The van der Waals surface area contributed by atoms with Crippen molar-refractivity contribution < 1.29 is 27.1 Å². The average Bonchev–Trinajstić information content (AvgIpc) is 3.12. The van der Waals surface area contributed by atoms with Gasteiger partial charge in [0.15, 0.2) is 0 Å². The Morgan fingerprint density at radius 1 is 1.12 bits per heavy atom. The molecular weight excluding hydrogens is 450 g/mol. The molecule has 3 N–H and O–H groups in total. The minimum atomic E-state index is -4.79. The molecule has 1 aromatic carbocycles. The second-order valence-electron chi connectivity index (χ2n) is 9.42. The van der Waals surface area contributed by atoms with Gasteiger partial charge in [-0.2, -0.15) is 13.2 Å².